The Kier molecular flexibility index (Phi) is 4.69. The van der Waals surface area contributed by atoms with Crippen molar-refractivity contribution in [3.8, 4) is 5.75 Å². The minimum Gasteiger partial charge on any atom is -0.507 e. The van der Waals surface area contributed by atoms with Gasteiger partial charge in [0.1, 0.15) is 5.75 Å². The number of aryl methyl sites for hydroxylation is 1. The third kappa shape index (κ3) is 2.85. The first-order valence-electron chi connectivity index (χ1n) is 4.63. The number of aromatic hydroxyl groups is 1. The molecule has 0 saturated heterocycles. The monoisotopic (exact) mass is 228 g/mol. The van der Waals surface area contributed by atoms with E-state index in [-0.39, 0.29) is 0 Å². The van der Waals surface area contributed by atoms with Crippen LogP contribution < -0.4 is 0 Å². The number of thioether (sulfide) groups is 2. The van der Waals surface area contributed by atoms with Crippen LogP contribution in [0.2, 0.25) is 0 Å². The van der Waals surface area contributed by atoms with Gasteiger partial charge in [-0.1, -0.05) is 6.92 Å². The van der Waals surface area contributed by atoms with Crippen molar-refractivity contribution in [1.29, 1.82) is 0 Å². The predicted molar refractivity (Wildman–Crippen MR) is 66.5 cm³/mol. The van der Waals surface area contributed by atoms with E-state index in [1.807, 2.05) is 24.8 Å². The number of rotatable bonds is 4. The van der Waals surface area contributed by atoms with Gasteiger partial charge in [0.25, 0.3) is 0 Å². The molecule has 1 rings (SSSR count). The molecule has 0 unspecified atom stereocenters. The Morgan fingerprint density at radius 1 is 1.36 bits per heavy atom. The molecule has 0 spiro atoms. The molecule has 0 aliphatic rings. The number of benzene rings is 1. The minimum atomic E-state index is 0.458. The molecule has 0 radical (unpaired) electrons. The lowest BCUT2D eigenvalue weighted by Gasteiger charge is -2.09. The molecule has 0 saturated carbocycles. The van der Waals surface area contributed by atoms with Gasteiger partial charge in [0.15, 0.2) is 0 Å². The zero-order valence-corrected chi connectivity index (χ0v) is 10.5. The van der Waals surface area contributed by atoms with Crippen molar-refractivity contribution in [3.63, 3.8) is 0 Å². The first kappa shape index (κ1) is 11.8. The maximum atomic E-state index is 9.80. The Morgan fingerprint density at radius 3 is 2.64 bits per heavy atom. The van der Waals surface area contributed by atoms with Crippen LogP contribution in [0.25, 0.3) is 0 Å². The van der Waals surface area contributed by atoms with Crippen molar-refractivity contribution in [2.24, 2.45) is 0 Å². The Bertz CT molecular complexity index is 310. The fraction of sp³-hybridized carbons (Fsp3) is 0.455. The van der Waals surface area contributed by atoms with Crippen LogP contribution in [0.5, 0.6) is 5.75 Å². The third-order valence-electron chi connectivity index (χ3n) is 1.96. The molecule has 0 aliphatic carbocycles. The van der Waals surface area contributed by atoms with E-state index in [9.17, 15) is 5.11 Å². The lowest BCUT2D eigenvalue weighted by Crippen LogP contribution is -1.87. The van der Waals surface area contributed by atoms with Crippen LogP contribution in [-0.4, -0.2) is 17.1 Å². The number of phenolic OH excluding ortho intramolecular Hbond substituents is 1. The first-order valence-corrected chi connectivity index (χ1v) is 7.01. The van der Waals surface area contributed by atoms with E-state index in [1.165, 1.54) is 4.90 Å². The molecule has 1 nitrogen and oxygen atoms in total. The molecule has 78 valence electrons. The zero-order valence-electron chi connectivity index (χ0n) is 8.83. The largest absolute Gasteiger partial charge is 0.507 e. The van der Waals surface area contributed by atoms with Crippen LogP contribution in [-0.2, 0) is 5.75 Å². The highest BCUT2D eigenvalue weighted by Gasteiger charge is 2.06. The van der Waals surface area contributed by atoms with Gasteiger partial charge in [-0.05, 0) is 36.6 Å². The predicted octanol–water partition coefficient (Wildman–Crippen LogP) is 3.68. The molecule has 3 heteroatoms. The van der Waals surface area contributed by atoms with Gasteiger partial charge in [0.05, 0.1) is 0 Å². The molecule has 1 N–H and O–H groups in total. The molecule has 0 bridgehead atoms. The molecule has 14 heavy (non-hydrogen) atoms. The van der Waals surface area contributed by atoms with Crippen LogP contribution in [0.4, 0.5) is 0 Å². The van der Waals surface area contributed by atoms with Crippen molar-refractivity contribution in [1.82, 2.24) is 0 Å². The Morgan fingerprint density at radius 2 is 2.07 bits per heavy atom. The summed E-state index contributed by atoms with van der Waals surface area (Å²) in [6, 6.07) is 4.14. The van der Waals surface area contributed by atoms with Gasteiger partial charge in [-0.25, -0.2) is 0 Å². The molecule has 0 aromatic heterocycles. The SMILES string of the molecule is CCSc1cc(C)c(O)c(CSC)c1. The summed E-state index contributed by atoms with van der Waals surface area (Å²) in [5.74, 6) is 2.41. The van der Waals surface area contributed by atoms with Crippen molar-refractivity contribution in [2.45, 2.75) is 24.5 Å². The molecular weight excluding hydrogens is 212 g/mol. The van der Waals surface area contributed by atoms with E-state index >= 15 is 0 Å². The second kappa shape index (κ2) is 5.56. The molecular formula is C11H16OS2. The molecule has 0 aliphatic heterocycles. The highest BCUT2D eigenvalue weighted by atomic mass is 32.2. The van der Waals surface area contributed by atoms with Gasteiger partial charge in [-0.2, -0.15) is 11.8 Å². The Balaban J connectivity index is 3.01. The van der Waals surface area contributed by atoms with Gasteiger partial charge in [-0.15, -0.1) is 11.8 Å². The number of phenols is 1. The topological polar surface area (TPSA) is 20.2 Å². The molecule has 0 amide bonds. The lowest BCUT2D eigenvalue weighted by atomic mass is 10.1. The van der Waals surface area contributed by atoms with E-state index in [1.54, 1.807) is 11.8 Å². The van der Waals surface area contributed by atoms with Crippen molar-refractivity contribution < 1.29 is 5.11 Å². The van der Waals surface area contributed by atoms with Crippen LogP contribution >= 0.6 is 23.5 Å². The second-order valence-electron chi connectivity index (χ2n) is 3.11. The molecule has 0 atom stereocenters. The zero-order chi connectivity index (χ0) is 10.6. The normalized spacial score (nSPS) is 10.5. The van der Waals surface area contributed by atoms with Crippen molar-refractivity contribution in [3.05, 3.63) is 23.3 Å². The Labute approximate surface area is 94.3 Å². The highest BCUT2D eigenvalue weighted by molar-refractivity contribution is 7.99. The van der Waals surface area contributed by atoms with Gasteiger partial charge >= 0.3 is 0 Å². The average Bonchev–Trinajstić information content (AvgIpc) is 2.14. The summed E-state index contributed by atoms with van der Waals surface area (Å²) in [6.45, 7) is 4.10. The van der Waals surface area contributed by atoms with Crippen molar-refractivity contribution in [2.75, 3.05) is 12.0 Å². The third-order valence-corrected chi connectivity index (χ3v) is 3.42. The maximum absolute atomic E-state index is 9.80. The van der Waals surface area contributed by atoms with Gasteiger partial charge < -0.3 is 5.11 Å². The van der Waals surface area contributed by atoms with E-state index in [0.717, 1.165) is 22.6 Å². The summed E-state index contributed by atoms with van der Waals surface area (Å²) >= 11 is 3.55. The second-order valence-corrected chi connectivity index (χ2v) is 5.32. The van der Waals surface area contributed by atoms with E-state index < -0.39 is 0 Å². The van der Waals surface area contributed by atoms with Crippen LogP contribution in [0, 0.1) is 6.92 Å². The molecule has 0 fully saturated rings. The van der Waals surface area contributed by atoms with Crippen molar-refractivity contribution >= 4 is 23.5 Å². The summed E-state index contributed by atoms with van der Waals surface area (Å²) in [5, 5.41) is 9.80. The van der Waals surface area contributed by atoms with Crippen LogP contribution in [0.1, 0.15) is 18.1 Å². The van der Waals surface area contributed by atoms with Crippen LogP contribution in [0.3, 0.4) is 0 Å². The maximum Gasteiger partial charge on any atom is 0.122 e. The molecule has 0 heterocycles. The van der Waals surface area contributed by atoms with E-state index in [4.69, 9.17) is 0 Å². The van der Waals surface area contributed by atoms with Gasteiger partial charge in [0, 0.05) is 16.2 Å². The molecule has 1 aromatic rings. The van der Waals surface area contributed by atoms with Crippen LogP contribution in [0.15, 0.2) is 17.0 Å². The van der Waals surface area contributed by atoms with Gasteiger partial charge in [0.2, 0.25) is 0 Å². The summed E-state index contributed by atoms with van der Waals surface area (Å²) in [7, 11) is 0. The Hall–Kier alpha value is -0.280. The number of hydrogen-bond acceptors (Lipinski definition) is 3. The fourth-order valence-corrected chi connectivity index (χ4v) is 2.68. The standard InChI is InChI=1S/C11H16OS2/c1-4-14-10-5-8(2)11(12)9(6-10)7-13-3/h5-6,12H,4,7H2,1-3H3. The summed E-state index contributed by atoms with van der Waals surface area (Å²) in [6.07, 6.45) is 2.05. The lowest BCUT2D eigenvalue weighted by molar-refractivity contribution is 0.466. The number of hydrogen-bond donors (Lipinski definition) is 1. The summed E-state index contributed by atoms with van der Waals surface area (Å²) in [4.78, 5) is 1.26. The smallest absolute Gasteiger partial charge is 0.122 e. The summed E-state index contributed by atoms with van der Waals surface area (Å²) < 4.78 is 0. The highest BCUT2D eigenvalue weighted by Crippen LogP contribution is 2.30. The van der Waals surface area contributed by atoms with E-state index in [0.29, 0.717) is 5.75 Å². The molecule has 1 aromatic carbocycles. The average molecular weight is 228 g/mol. The first-order chi connectivity index (χ1) is 6.69. The van der Waals surface area contributed by atoms with Gasteiger partial charge in [-0.3, -0.25) is 0 Å². The minimum absolute atomic E-state index is 0.458. The quantitative estimate of drug-likeness (QED) is 0.794. The van der Waals surface area contributed by atoms with E-state index in [2.05, 4.69) is 19.2 Å². The fourth-order valence-electron chi connectivity index (χ4n) is 1.33. The summed E-state index contributed by atoms with van der Waals surface area (Å²) in [5.41, 5.74) is 2.03.